The van der Waals surface area contributed by atoms with Crippen LogP contribution in [0.25, 0.3) is 10.9 Å². The smallest absolute Gasteiger partial charge is 0.422 e. The molecule has 2 aromatic rings. The van der Waals surface area contributed by atoms with Crippen molar-refractivity contribution in [2.24, 2.45) is 7.05 Å². The van der Waals surface area contributed by atoms with Gasteiger partial charge in [0.25, 0.3) is 5.91 Å². The Morgan fingerprint density at radius 2 is 2.00 bits per heavy atom. The molecule has 0 atom stereocenters. The van der Waals surface area contributed by atoms with Crippen LogP contribution in [0.5, 0.6) is 5.75 Å². The van der Waals surface area contributed by atoms with Crippen LogP contribution in [0.3, 0.4) is 0 Å². The van der Waals surface area contributed by atoms with Gasteiger partial charge in [-0.3, -0.25) is 9.36 Å². The molecule has 2 heterocycles. The van der Waals surface area contributed by atoms with Gasteiger partial charge < -0.3 is 14.1 Å². The summed E-state index contributed by atoms with van der Waals surface area (Å²) in [5, 5.41) is 0.292. The third-order valence-electron chi connectivity index (χ3n) is 3.83. The van der Waals surface area contributed by atoms with Gasteiger partial charge in [0.05, 0.1) is 10.9 Å². The van der Waals surface area contributed by atoms with E-state index >= 15 is 0 Å². The molecule has 1 saturated heterocycles. The van der Waals surface area contributed by atoms with Crippen LogP contribution in [0, 0.1) is 0 Å². The van der Waals surface area contributed by atoms with Crippen molar-refractivity contribution >= 4 is 16.8 Å². The Kier molecular flexibility index (Phi) is 3.70. The first kappa shape index (κ1) is 14.4. The summed E-state index contributed by atoms with van der Waals surface area (Å²) in [7, 11) is 1.51. The largest absolute Gasteiger partial charge is 0.484 e. The van der Waals surface area contributed by atoms with Gasteiger partial charge in [-0.05, 0) is 25.0 Å². The predicted octanol–water partition coefficient (Wildman–Crippen LogP) is 0.493. The number of rotatable bonds is 3. The number of likely N-dealkylation sites (tertiary alicyclic amines) is 1. The maximum absolute atomic E-state index is 11.9. The average Bonchev–Trinajstić information content (AvgIpc) is 3.04. The van der Waals surface area contributed by atoms with Crippen LogP contribution in [-0.2, 0) is 11.8 Å². The van der Waals surface area contributed by atoms with Crippen molar-refractivity contribution in [1.82, 2.24) is 9.47 Å². The van der Waals surface area contributed by atoms with E-state index in [-0.39, 0.29) is 12.5 Å². The normalized spacial score (nSPS) is 14.5. The maximum atomic E-state index is 11.9. The summed E-state index contributed by atoms with van der Waals surface area (Å²) < 4.78 is 11.3. The van der Waals surface area contributed by atoms with Crippen molar-refractivity contribution in [3.8, 4) is 5.75 Å². The highest BCUT2D eigenvalue weighted by Crippen LogP contribution is 2.17. The number of carbonyl (C=O) groups is 1. The molecule has 0 bridgehead atoms. The average molecular weight is 304 g/mol. The quantitative estimate of drug-likeness (QED) is 0.824. The fourth-order valence-corrected chi connectivity index (χ4v) is 2.56. The molecule has 0 saturated carbocycles. The number of amides is 1. The van der Waals surface area contributed by atoms with E-state index in [4.69, 9.17) is 4.74 Å². The van der Waals surface area contributed by atoms with Gasteiger partial charge in [-0.15, -0.1) is 0 Å². The van der Waals surface area contributed by atoms with Crippen molar-refractivity contribution in [3.63, 3.8) is 0 Å². The lowest BCUT2D eigenvalue weighted by atomic mass is 10.2. The van der Waals surface area contributed by atoms with Gasteiger partial charge in [0, 0.05) is 26.2 Å². The molecule has 0 N–H and O–H groups in total. The van der Waals surface area contributed by atoms with Crippen LogP contribution < -0.4 is 16.1 Å². The van der Waals surface area contributed by atoms with Gasteiger partial charge in [-0.25, -0.2) is 9.59 Å². The number of aromatic nitrogens is 1. The molecule has 1 amide bonds. The SMILES string of the molecule is Cn1c(=O)oc(=O)c2ccc(OCC(=O)N3CCCC3)cc21. The Hall–Kier alpha value is -2.57. The zero-order valence-electron chi connectivity index (χ0n) is 12.2. The molecule has 1 aromatic heterocycles. The molecule has 0 unspecified atom stereocenters. The molecule has 1 aliphatic rings. The van der Waals surface area contributed by atoms with E-state index in [1.165, 1.54) is 17.7 Å². The first-order valence-corrected chi connectivity index (χ1v) is 7.11. The fourth-order valence-electron chi connectivity index (χ4n) is 2.56. The molecule has 0 aliphatic carbocycles. The van der Waals surface area contributed by atoms with Gasteiger partial charge in [0.15, 0.2) is 6.61 Å². The Balaban J connectivity index is 1.83. The Labute approximate surface area is 125 Å². The van der Waals surface area contributed by atoms with Gasteiger partial charge in [0.1, 0.15) is 5.75 Å². The first-order valence-electron chi connectivity index (χ1n) is 7.11. The van der Waals surface area contributed by atoms with Gasteiger partial charge in [-0.1, -0.05) is 0 Å². The number of carbonyl (C=O) groups excluding carboxylic acids is 1. The van der Waals surface area contributed by atoms with Crippen molar-refractivity contribution in [2.45, 2.75) is 12.8 Å². The molecule has 3 rings (SSSR count). The molecular weight excluding hydrogens is 288 g/mol. The van der Waals surface area contributed by atoms with Crippen LogP contribution in [0.4, 0.5) is 0 Å². The first-order chi connectivity index (χ1) is 10.6. The van der Waals surface area contributed by atoms with Crippen LogP contribution >= 0.6 is 0 Å². The second-order valence-corrected chi connectivity index (χ2v) is 5.27. The van der Waals surface area contributed by atoms with Gasteiger partial charge in [-0.2, -0.15) is 0 Å². The lowest BCUT2D eigenvalue weighted by molar-refractivity contribution is -0.132. The molecule has 22 heavy (non-hydrogen) atoms. The molecule has 7 nitrogen and oxygen atoms in total. The molecule has 1 fully saturated rings. The minimum atomic E-state index is -0.734. The van der Waals surface area contributed by atoms with Crippen molar-refractivity contribution < 1.29 is 13.9 Å². The third kappa shape index (κ3) is 2.61. The van der Waals surface area contributed by atoms with E-state index in [1.807, 2.05) is 0 Å². The van der Waals surface area contributed by atoms with Crippen LogP contribution in [0.15, 0.2) is 32.2 Å². The fraction of sp³-hybridized carbons (Fsp3) is 0.400. The molecule has 1 aromatic carbocycles. The predicted molar refractivity (Wildman–Crippen MR) is 79.0 cm³/mol. The molecule has 1 aliphatic heterocycles. The summed E-state index contributed by atoms with van der Waals surface area (Å²) in [5.74, 6) is -0.359. The van der Waals surface area contributed by atoms with Crippen molar-refractivity contribution in [2.75, 3.05) is 19.7 Å². The summed E-state index contributed by atoms with van der Waals surface area (Å²) in [6.45, 7) is 1.49. The second-order valence-electron chi connectivity index (χ2n) is 5.27. The number of ether oxygens (including phenoxy) is 1. The van der Waals surface area contributed by atoms with E-state index in [1.54, 1.807) is 17.0 Å². The van der Waals surface area contributed by atoms with Crippen molar-refractivity contribution in [3.05, 3.63) is 39.2 Å². The standard InChI is InChI=1S/C15H16N2O5/c1-16-12-8-10(4-5-11(12)14(19)22-15(16)20)21-9-13(18)17-6-2-3-7-17/h4-5,8H,2-3,6-7,9H2,1H3. The Bertz CT molecular complexity index is 830. The highest BCUT2D eigenvalue weighted by atomic mass is 16.5. The lowest BCUT2D eigenvalue weighted by Crippen LogP contribution is -2.32. The number of hydrogen-bond acceptors (Lipinski definition) is 5. The summed E-state index contributed by atoms with van der Waals surface area (Å²) in [6, 6.07) is 4.67. The molecule has 0 radical (unpaired) electrons. The summed E-state index contributed by atoms with van der Waals surface area (Å²) in [4.78, 5) is 36.8. The highest BCUT2D eigenvalue weighted by molar-refractivity contribution is 5.80. The summed E-state index contributed by atoms with van der Waals surface area (Å²) in [5.41, 5.74) is -0.273. The Morgan fingerprint density at radius 1 is 1.27 bits per heavy atom. The number of fused-ring (bicyclic) bond motifs is 1. The van der Waals surface area contributed by atoms with Crippen LogP contribution in [0.1, 0.15) is 12.8 Å². The lowest BCUT2D eigenvalue weighted by Gasteiger charge is -2.15. The van der Waals surface area contributed by atoms with E-state index in [2.05, 4.69) is 4.42 Å². The summed E-state index contributed by atoms with van der Waals surface area (Å²) >= 11 is 0. The van der Waals surface area contributed by atoms with Crippen LogP contribution in [-0.4, -0.2) is 35.1 Å². The summed E-state index contributed by atoms with van der Waals surface area (Å²) in [6.07, 6.45) is 2.05. The minimum Gasteiger partial charge on any atom is -0.484 e. The number of nitrogens with zero attached hydrogens (tertiary/aromatic N) is 2. The van der Waals surface area contributed by atoms with Crippen LogP contribution in [0.2, 0.25) is 0 Å². The zero-order chi connectivity index (χ0) is 15.7. The molecule has 116 valence electrons. The highest BCUT2D eigenvalue weighted by Gasteiger charge is 2.18. The number of benzene rings is 1. The zero-order valence-corrected chi connectivity index (χ0v) is 12.2. The van der Waals surface area contributed by atoms with E-state index in [0.717, 1.165) is 25.9 Å². The monoisotopic (exact) mass is 304 g/mol. The maximum Gasteiger partial charge on any atom is 0.422 e. The Morgan fingerprint density at radius 3 is 2.73 bits per heavy atom. The van der Waals surface area contributed by atoms with Gasteiger partial charge in [0.2, 0.25) is 0 Å². The van der Waals surface area contributed by atoms with E-state index < -0.39 is 11.4 Å². The molecule has 7 heteroatoms. The second kappa shape index (κ2) is 5.67. The number of hydrogen-bond donors (Lipinski definition) is 0. The van der Waals surface area contributed by atoms with Crippen molar-refractivity contribution in [1.29, 1.82) is 0 Å². The molecule has 0 spiro atoms. The minimum absolute atomic E-state index is 0.0547. The number of aryl methyl sites for hydroxylation is 1. The molecular formula is C15H16N2O5. The topological polar surface area (TPSA) is 81.7 Å². The van der Waals surface area contributed by atoms with E-state index in [0.29, 0.717) is 16.7 Å². The van der Waals surface area contributed by atoms with Gasteiger partial charge >= 0.3 is 11.4 Å². The third-order valence-corrected chi connectivity index (χ3v) is 3.83. The van der Waals surface area contributed by atoms with E-state index in [9.17, 15) is 14.4 Å².